The molecule has 1 amide bonds. The van der Waals surface area contributed by atoms with Gasteiger partial charge in [-0.15, -0.1) is 0 Å². The van der Waals surface area contributed by atoms with E-state index in [4.69, 9.17) is 9.15 Å². The minimum Gasteiger partial charge on any atom is -0.441 e. The lowest BCUT2D eigenvalue weighted by Gasteiger charge is -2.29. The first-order valence-corrected chi connectivity index (χ1v) is 9.46. The molecule has 0 saturated heterocycles. The first-order chi connectivity index (χ1) is 12.2. The lowest BCUT2D eigenvalue weighted by atomic mass is 9.92. The maximum Gasteiger partial charge on any atom is 0.253 e. The number of rotatable bonds is 7. The summed E-state index contributed by atoms with van der Waals surface area (Å²) in [5, 5.41) is 3.16. The molecule has 3 rings (SSSR count). The van der Waals surface area contributed by atoms with E-state index in [1.807, 2.05) is 18.2 Å². The Bertz CT molecular complexity index is 702. The summed E-state index contributed by atoms with van der Waals surface area (Å²) in [5.74, 6) is 0.516. The maximum atomic E-state index is 12.6. The van der Waals surface area contributed by atoms with Gasteiger partial charge in [-0.05, 0) is 44.2 Å². The first-order valence-electron chi connectivity index (χ1n) is 9.46. The number of carbonyl (C=O) groups excluding carboxylic acids is 1. The molecule has 1 N–H and O–H groups in total. The number of aryl methyl sites for hydroxylation is 1. The van der Waals surface area contributed by atoms with Crippen LogP contribution in [-0.4, -0.2) is 29.6 Å². The van der Waals surface area contributed by atoms with Crippen LogP contribution in [0.15, 0.2) is 22.6 Å². The van der Waals surface area contributed by atoms with Gasteiger partial charge < -0.3 is 14.5 Å². The fourth-order valence-electron chi connectivity index (χ4n) is 3.48. The Kier molecular flexibility index (Phi) is 6.08. The SMILES string of the molecule is CCCCCO[C@H]1CC[C@H](NC(=O)c2cccc3oc(C)nc23)CC1. The summed E-state index contributed by atoms with van der Waals surface area (Å²) in [4.78, 5) is 17.0. The van der Waals surface area contributed by atoms with Gasteiger partial charge in [-0.3, -0.25) is 4.79 Å². The van der Waals surface area contributed by atoms with Crippen molar-refractivity contribution in [3.05, 3.63) is 29.7 Å². The molecule has 0 aliphatic heterocycles. The fraction of sp³-hybridized carbons (Fsp3) is 0.600. The Morgan fingerprint density at radius 1 is 1.28 bits per heavy atom. The van der Waals surface area contributed by atoms with Gasteiger partial charge in [0.25, 0.3) is 5.91 Å². The zero-order valence-electron chi connectivity index (χ0n) is 15.2. The molecule has 5 heteroatoms. The Hall–Kier alpha value is -1.88. The van der Waals surface area contributed by atoms with Crippen LogP contribution in [0.5, 0.6) is 0 Å². The highest BCUT2D eigenvalue weighted by Gasteiger charge is 2.24. The smallest absolute Gasteiger partial charge is 0.253 e. The van der Waals surface area contributed by atoms with Gasteiger partial charge in [0, 0.05) is 19.6 Å². The molecule has 1 aromatic carbocycles. The lowest BCUT2D eigenvalue weighted by Crippen LogP contribution is -2.39. The van der Waals surface area contributed by atoms with Crippen molar-refractivity contribution < 1.29 is 13.9 Å². The van der Waals surface area contributed by atoms with Gasteiger partial charge in [0.15, 0.2) is 11.5 Å². The van der Waals surface area contributed by atoms with E-state index in [2.05, 4.69) is 17.2 Å². The molecule has 1 heterocycles. The van der Waals surface area contributed by atoms with Crippen LogP contribution < -0.4 is 5.32 Å². The molecule has 0 unspecified atom stereocenters. The second-order valence-corrected chi connectivity index (χ2v) is 6.91. The minimum absolute atomic E-state index is 0.0637. The van der Waals surface area contributed by atoms with Crippen LogP contribution in [0.25, 0.3) is 11.1 Å². The summed E-state index contributed by atoms with van der Waals surface area (Å²) < 4.78 is 11.5. The average molecular weight is 344 g/mol. The van der Waals surface area contributed by atoms with E-state index in [-0.39, 0.29) is 11.9 Å². The number of hydrogen-bond acceptors (Lipinski definition) is 4. The zero-order chi connectivity index (χ0) is 17.6. The zero-order valence-corrected chi connectivity index (χ0v) is 15.2. The molecule has 25 heavy (non-hydrogen) atoms. The van der Waals surface area contributed by atoms with Gasteiger partial charge in [-0.2, -0.15) is 0 Å². The first kappa shape index (κ1) is 17.9. The summed E-state index contributed by atoms with van der Waals surface area (Å²) >= 11 is 0. The second-order valence-electron chi connectivity index (χ2n) is 6.91. The van der Waals surface area contributed by atoms with E-state index in [1.165, 1.54) is 12.8 Å². The third-order valence-electron chi connectivity index (χ3n) is 4.88. The largest absolute Gasteiger partial charge is 0.441 e. The van der Waals surface area contributed by atoms with Crippen molar-refractivity contribution in [1.29, 1.82) is 0 Å². The Morgan fingerprint density at radius 3 is 2.84 bits per heavy atom. The highest BCUT2D eigenvalue weighted by atomic mass is 16.5. The van der Waals surface area contributed by atoms with E-state index in [0.717, 1.165) is 38.7 Å². The minimum atomic E-state index is -0.0637. The van der Waals surface area contributed by atoms with E-state index in [1.54, 1.807) is 6.92 Å². The van der Waals surface area contributed by atoms with Gasteiger partial charge in [0.05, 0.1) is 11.7 Å². The van der Waals surface area contributed by atoms with Crippen LogP contribution in [0.1, 0.15) is 68.1 Å². The van der Waals surface area contributed by atoms with Crippen molar-refractivity contribution in [2.45, 2.75) is 70.9 Å². The van der Waals surface area contributed by atoms with Crippen molar-refractivity contribution in [2.75, 3.05) is 6.61 Å². The number of oxazole rings is 1. The van der Waals surface area contributed by atoms with Crippen molar-refractivity contribution >= 4 is 17.0 Å². The summed E-state index contributed by atoms with van der Waals surface area (Å²) in [7, 11) is 0. The number of amides is 1. The summed E-state index contributed by atoms with van der Waals surface area (Å²) in [6, 6.07) is 5.70. The molecule has 136 valence electrons. The van der Waals surface area contributed by atoms with Gasteiger partial charge in [-0.25, -0.2) is 4.98 Å². The quantitative estimate of drug-likeness (QED) is 0.757. The molecule has 0 bridgehead atoms. The molecule has 1 aromatic heterocycles. The molecule has 1 fully saturated rings. The molecule has 1 saturated carbocycles. The average Bonchev–Trinajstić information content (AvgIpc) is 3.00. The number of benzene rings is 1. The third kappa shape index (κ3) is 4.60. The molecular weight excluding hydrogens is 316 g/mol. The van der Waals surface area contributed by atoms with E-state index in [0.29, 0.717) is 28.7 Å². The van der Waals surface area contributed by atoms with Crippen LogP contribution in [0, 0.1) is 6.92 Å². The Labute approximate surface area is 149 Å². The van der Waals surface area contributed by atoms with Crippen molar-refractivity contribution in [1.82, 2.24) is 10.3 Å². The van der Waals surface area contributed by atoms with E-state index in [9.17, 15) is 4.79 Å². The fourth-order valence-corrected chi connectivity index (χ4v) is 3.48. The highest BCUT2D eigenvalue weighted by molar-refractivity contribution is 6.04. The van der Waals surface area contributed by atoms with Gasteiger partial charge >= 0.3 is 0 Å². The molecule has 0 spiro atoms. The lowest BCUT2D eigenvalue weighted by molar-refractivity contribution is 0.0205. The number of para-hydroxylation sites is 1. The van der Waals surface area contributed by atoms with Crippen molar-refractivity contribution in [2.24, 2.45) is 0 Å². The van der Waals surface area contributed by atoms with E-state index >= 15 is 0 Å². The van der Waals surface area contributed by atoms with Crippen LogP contribution in [0.3, 0.4) is 0 Å². The molecule has 5 nitrogen and oxygen atoms in total. The number of nitrogens with zero attached hydrogens (tertiary/aromatic N) is 1. The summed E-state index contributed by atoms with van der Waals surface area (Å²) in [5.41, 5.74) is 1.90. The molecule has 1 aliphatic rings. The predicted molar refractivity (Wildman–Crippen MR) is 97.7 cm³/mol. The standard InChI is InChI=1S/C20H28N2O3/c1-3-4-5-13-24-16-11-9-15(10-12-16)22-20(23)17-7-6-8-18-19(17)21-14(2)25-18/h6-8,15-16H,3-5,9-13H2,1-2H3,(H,22,23)/t15-,16-. The van der Waals surface area contributed by atoms with Crippen LogP contribution in [0.4, 0.5) is 0 Å². The number of ether oxygens (including phenoxy) is 1. The van der Waals surface area contributed by atoms with Crippen LogP contribution in [0.2, 0.25) is 0 Å². The number of carbonyl (C=O) groups is 1. The van der Waals surface area contributed by atoms with E-state index < -0.39 is 0 Å². The summed E-state index contributed by atoms with van der Waals surface area (Å²) in [6.07, 6.45) is 7.93. The Morgan fingerprint density at radius 2 is 2.08 bits per heavy atom. The maximum absolute atomic E-state index is 12.6. The predicted octanol–water partition coefficient (Wildman–Crippen LogP) is 4.38. The second kappa shape index (κ2) is 8.48. The molecular formula is C20H28N2O3. The van der Waals surface area contributed by atoms with Crippen molar-refractivity contribution in [3.63, 3.8) is 0 Å². The molecule has 0 radical (unpaired) electrons. The third-order valence-corrected chi connectivity index (χ3v) is 4.88. The van der Waals surface area contributed by atoms with Gasteiger partial charge in [0.2, 0.25) is 0 Å². The molecule has 1 aliphatic carbocycles. The Balaban J connectivity index is 1.51. The number of fused-ring (bicyclic) bond motifs is 1. The normalized spacial score (nSPS) is 20.7. The molecule has 0 atom stereocenters. The summed E-state index contributed by atoms with van der Waals surface area (Å²) in [6.45, 7) is 4.86. The number of unbranched alkanes of at least 4 members (excludes halogenated alkanes) is 2. The topological polar surface area (TPSA) is 64.4 Å². The number of hydrogen-bond donors (Lipinski definition) is 1. The number of aromatic nitrogens is 1. The van der Waals surface area contributed by atoms with Gasteiger partial charge in [0.1, 0.15) is 5.52 Å². The monoisotopic (exact) mass is 344 g/mol. The van der Waals surface area contributed by atoms with Gasteiger partial charge in [-0.1, -0.05) is 25.8 Å². The highest BCUT2D eigenvalue weighted by Crippen LogP contribution is 2.23. The van der Waals surface area contributed by atoms with Crippen LogP contribution >= 0.6 is 0 Å². The van der Waals surface area contributed by atoms with Crippen LogP contribution in [-0.2, 0) is 4.74 Å². The molecule has 2 aromatic rings. The van der Waals surface area contributed by atoms with Crippen molar-refractivity contribution in [3.8, 4) is 0 Å². The number of nitrogens with one attached hydrogen (secondary N) is 1.